The van der Waals surface area contributed by atoms with Gasteiger partial charge in [0.05, 0.1) is 16.9 Å². The van der Waals surface area contributed by atoms with E-state index in [0.29, 0.717) is 4.90 Å². The van der Waals surface area contributed by atoms with Gasteiger partial charge in [0.2, 0.25) is 0 Å². The van der Waals surface area contributed by atoms with Gasteiger partial charge in [-0.25, -0.2) is 4.79 Å². The number of nitro groups is 1. The molecular formula is C17H13F2NO6S. The molecule has 0 aliphatic heterocycles. The maximum atomic E-state index is 12.7. The molecule has 0 saturated heterocycles. The van der Waals surface area contributed by atoms with Gasteiger partial charge in [-0.3, -0.25) is 10.1 Å². The molecule has 2 aromatic carbocycles. The second-order valence-corrected chi connectivity index (χ2v) is 6.04. The third kappa shape index (κ3) is 5.42. The third-order valence-electron chi connectivity index (χ3n) is 3.21. The third-order valence-corrected chi connectivity index (χ3v) is 4.23. The molecule has 0 fully saturated rings. The van der Waals surface area contributed by atoms with E-state index in [2.05, 4.69) is 4.74 Å². The summed E-state index contributed by atoms with van der Waals surface area (Å²) in [6, 6.07) is 9.55. The predicted molar refractivity (Wildman–Crippen MR) is 94.2 cm³/mol. The predicted octanol–water partition coefficient (Wildman–Crippen LogP) is 4.42. The number of ether oxygens (including phenoxy) is 2. The van der Waals surface area contributed by atoms with Crippen molar-refractivity contribution in [1.29, 1.82) is 0 Å². The van der Waals surface area contributed by atoms with E-state index in [9.17, 15) is 28.8 Å². The monoisotopic (exact) mass is 397 g/mol. The maximum Gasteiger partial charge on any atom is 0.387 e. The topological polar surface area (TPSA) is 98.9 Å². The number of para-hydroxylation sites is 1. The normalized spacial score (nSPS) is 11.3. The zero-order valence-corrected chi connectivity index (χ0v) is 14.6. The highest BCUT2D eigenvalue weighted by molar-refractivity contribution is 8.04. The Bertz CT molecular complexity index is 870. The van der Waals surface area contributed by atoms with Crippen LogP contribution in [0.4, 0.5) is 14.5 Å². The van der Waals surface area contributed by atoms with E-state index in [4.69, 9.17) is 4.74 Å². The minimum atomic E-state index is -3.12. The smallest absolute Gasteiger partial charge is 0.387 e. The van der Waals surface area contributed by atoms with Crippen LogP contribution in [0.2, 0.25) is 0 Å². The molecule has 0 radical (unpaired) electrons. The van der Waals surface area contributed by atoms with Crippen molar-refractivity contribution in [3.05, 3.63) is 63.0 Å². The number of rotatable bonds is 8. The largest absolute Gasteiger partial charge is 0.493 e. The van der Waals surface area contributed by atoms with Crippen LogP contribution in [0.3, 0.4) is 0 Å². The number of carboxylic acids is 1. The Labute approximate surface area is 156 Å². The fourth-order valence-corrected chi connectivity index (χ4v) is 2.86. The highest BCUT2D eigenvalue weighted by Gasteiger charge is 2.17. The number of methoxy groups -OCH3 is 1. The highest BCUT2D eigenvalue weighted by atomic mass is 32.2. The van der Waals surface area contributed by atoms with Crippen molar-refractivity contribution >= 4 is 29.5 Å². The molecule has 0 aliphatic carbocycles. The lowest BCUT2D eigenvalue weighted by Gasteiger charge is -2.13. The van der Waals surface area contributed by atoms with Gasteiger partial charge in [0.15, 0.2) is 11.5 Å². The number of benzene rings is 2. The molecule has 0 atom stereocenters. The number of alkyl halides is 2. The first kappa shape index (κ1) is 20.2. The first-order valence-corrected chi connectivity index (χ1v) is 8.12. The van der Waals surface area contributed by atoms with Crippen LogP contribution < -0.4 is 9.47 Å². The Morgan fingerprint density at radius 2 is 1.93 bits per heavy atom. The van der Waals surface area contributed by atoms with Crippen LogP contribution in [0.15, 0.2) is 52.3 Å². The van der Waals surface area contributed by atoms with Gasteiger partial charge in [0.25, 0.3) is 5.69 Å². The number of nitro benzene ring substituents is 1. The molecule has 1 N–H and O–H groups in total. The lowest BCUT2D eigenvalue weighted by molar-refractivity contribution is -0.384. The van der Waals surface area contributed by atoms with Crippen molar-refractivity contribution in [2.24, 2.45) is 0 Å². The minimum Gasteiger partial charge on any atom is -0.493 e. The summed E-state index contributed by atoms with van der Waals surface area (Å²) in [5.41, 5.74) is -0.0536. The summed E-state index contributed by atoms with van der Waals surface area (Å²) >= 11 is 0.808. The van der Waals surface area contributed by atoms with Crippen LogP contribution in [0.5, 0.6) is 11.5 Å². The Morgan fingerprint density at radius 3 is 2.44 bits per heavy atom. The van der Waals surface area contributed by atoms with Crippen LogP contribution in [0.25, 0.3) is 6.08 Å². The summed E-state index contributed by atoms with van der Waals surface area (Å²) in [6.45, 7) is -3.12. The van der Waals surface area contributed by atoms with Gasteiger partial charge in [0, 0.05) is 22.6 Å². The first-order chi connectivity index (χ1) is 12.8. The van der Waals surface area contributed by atoms with Gasteiger partial charge in [-0.15, -0.1) is 0 Å². The molecule has 7 nitrogen and oxygen atoms in total. The van der Waals surface area contributed by atoms with E-state index >= 15 is 0 Å². The molecule has 0 bridgehead atoms. The van der Waals surface area contributed by atoms with Crippen LogP contribution in [0.1, 0.15) is 5.56 Å². The second kappa shape index (κ2) is 8.99. The van der Waals surface area contributed by atoms with Crippen molar-refractivity contribution in [3.8, 4) is 11.5 Å². The summed E-state index contributed by atoms with van der Waals surface area (Å²) in [7, 11) is 1.27. The second-order valence-electron chi connectivity index (χ2n) is 4.92. The Kier molecular flexibility index (Phi) is 6.72. The van der Waals surface area contributed by atoms with Gasteiger partial charge < -0.3 is 14.6 Å². The summed E-state index contributed by atoms with van der Waals surface area (Å²) in [5.74, 6) is -1.57. The van der Waals surface area contributed by atoms with Crippen LogP contribution in [-0.4, -0.2) is 29.7 Å². The lowest BCUT2D eigenvalue weighted by Crippen LogP contribution is -2.05. The van der Waals surface area contributed by atoms with E-state index < -0.39 is 17.5 Å². The Balaban J connectivity index is 2.40. The quantitative estimate of drug-likeness (QED) is 0.305. The van der Waals surface area contributed by atoms with Crippen LogP contribution in [0, 0.1) is 10.1 Å². The SMILES string of the molecule is COc1cccc(/C=C(/Sc2ccc([N+](=O)[O-])cc2)C(=O)O)c1OC(F)F. The average molecular weight is 397 g/mol. The zero-order valence-electron chi connectivity index (χ0n) is 13.8. The van der Waals surface area contributed by atoms with Crippen LogP contribution in [-0.2, 0) is 4.79 Å². The number of carboxylic acid groups (broad SMARTS) is 1. The number of thioether (sulfide) groups is 1. The van der Waals surface area contributed by atoms with Gasteiger partial charge in [-0.2, -0.15) is 8.78 Å². The number of hydrogen-bond donors (Lipinski definition) is 1. The number of halogens is 2. The Morgan fingerprint density at radius 1 is 1.26 bits per heavy atom. The van der Waals surface area contributed by atoms with Crippen molar-refractivity contribution < 1.29 is 33.1 Å². The molecule has 142 valence electrons. The molecule has 0 amide bonds. The molecule has 0 heterocycles. The molecule has 0 saturated carbocycles. The first-order valence-electron chi connectivity index (χ1n) is 7.31. The summed E-state index contributed by atoms with van der Waals surface area (Å²) in [5, 5.41) is 20.1. The minimum absolute atomic E-state index is 0.0223. The number of hydrogen-bond acceptors (Lipinski definition) is 6. The van der Waals surface area contributed by atoms with Gasteiger partial charge in [-0.1, -0.05) is 23.9 Å². The fraction of sp³-hybridized carbons (Fsp3) is 0.118. The summed E-state index contributed by atoms with van der Waals surface area (Å²) in [4.78, 5) is 21.9. The molecule has 27 heavy (non-hydrogen) atoms. The standard InChI is InChI=1S/C17H13F2NO6S/c1-25-13-4-2-3-10(15(13)26-17(18)19)9-14(16(21)22)27-12-7-5-11(6-8-12)20(23)24/h2-9,17H,1H3,(H,21,22)/b14-9+. The molecule has 10 heteroatoms. The molecule has 0 spiro atoms. The number of non-ortho nitro benzene ring substituents is 1. The molecular weight excluding hydrogens is 384 g/mol. The zero-order chi connectivity index (χ0) is 20.0. The molecule has 0 unspecified atom stereocenters. The number of carbonyl (C=O) groups is 1. The van der Waals surface area contributed by atoms with E-state index in [1.165, 1.54) is 49.6 Å². The average Bonchev–Trinajstić information content (AvgIpc) is 2.62. The van der Waals surface area contributed by atoms with Crippen molar-refractivity contribution in [3.63, 3.8) is 0 Å². The summed E-state index contributed by atoms with van der Waals surface area (Å²) < 4.78 is 34.8. The van der Waals surface area contributed by atoms with Crippen LogP contribution >= 0.6 is 11.8 Å². The van der Waals surface area contributed by atoms with Gasteiger partial charge in [0.1, 0.15) is 0 Å². The lowest BCUT2D eigenvalue weighted by atomic mass is 10.1. The van der Waals surface area contributed by atoms with E-state index in [0.717, 1.165) is 17.8 Å². The van der Waals surface area contributed by atoms with E-state index in [-0.39, 0.29) is 27.7 Å². The van der Waals surface area contributed by atoms with Crippen molar-refractivity contribution in [2.75, 3.05) is 7.11 Å². The van der Waals surface area contributed by atoms with Crippen molar-refractivity contribution in [2.45, 2.75) is 11.5 Å². The van der Waals surface area contributed by atoms with E-state index in [1.807, 2.05) is 0 Å². The van der Waals surface area contributed by atoms with Crippen molar-refractivity contribution in [1.82, 2.24) is 0 Å². The van der Waals surface area contributed by atoms with E-state index in [1.54, 1.807) is 0 Å². The van der Waals surface area contributed by atoms with Gasteiger partial charge in [-0.05, 0) is 24.3 Å². The molecule has 0 aromatic heterocycles. The van der Waals surface area contributed by atoms with Gasteiger partial charge >= 0.3 is 12.6 Å². The maximum absolute atomic E-state index is 12.7. The Hall–Kier alpha value is -3.14. The molecule has 2 rings (SSSR count). The summed E-state index contributed by atoms with van der Waals surface area (Å²) in [6.07, 6.45) is 1.16. The number of nitrogens with zero attached hydrogens (tertiary/aromatic N) is 1. The molecule has 0 aliphatic rings. The number of aliphatic carboxylic acids is 1. The highest BCUT2D eigenvalue weighted by Crippen LogP contribution is 2.36. The molecule has 2 aromatic rings. The fourth-order valence-electron chi connectivity index (χ4n) is 2.06.